The lowest BCUT2D eigenvalue weighted by Crippen LogP contribution is -2.47. The molecule has 1 amide bonds. The highest BCUT2D eigenvalue weighted by Gasteiger charge is 2.23. The lowest BCUT2D eigenvalue weighted by atomic mass is 9.95. The molecule has 0 spiro atoms. The highest BCUT2D eigenvalue weighted by molar-refractivity contribution is 5.80. The number of hydrogen-bond donors (Lipinski definition) is 2. The largest absolute Gasteiger partial charge is 0.379 e. The van der Waals surface area contributed by atoms with E-state index in [4.69, 9.17) is 15.2 Å². The van der Waals surface area contributed by atoms with Gasteiger partial charge in [0.15, 0.2) is 5.96 Å². The molecule has 0 bridgehead atoms. The minimum absolute atomic E-state index is 0.223. The van der Waals surface area contributed by atoms with Crippen LogP contribution in [0.15, 0.2) is 4.99 Å². The van der Waals surface area contributed by atoms with Gasteiger partial charge in [0.05, 0.1) is 19.8 Å². The number of nitrogens with zero attached hydrogens (tertiary/aromatic N) is 2. The number of carbonyl (C=O) groups is 1. The van der Waals surface area contributed by atoms with E-state index >= 15 is 0 Å². The summed E-state index contributed by atoms with van der Waals surface area (Å²) >= 11 is 0. The Morgan fingerprint density at radius 3 is 2.71 bits per heavy atom. The summed E-state index contributed by atoms with van der Waals surface area (Å²) in [4.78, 5) is 17.6. The third-order valence-electron chi connectivity index (χ3n) is 4.06. The summed E-state index contributed by atoms with van der Waals surface area (Å²) in [6, 6.07) is 0. The number of ether oxygens (including phenoxy) is 2. The fourth-order valence-corrected chi connectivity index (χ4v) is 2.84. The van der Waals surface area contributed by atoms with Gasteiger partial charge >= 0.3 is 0 Å². The Morgan fingerprint density at radius 1 is 1.29 bits per heavy atom. The van der Waals surface area contributed by atoms with Crippen molar-refractivity contribution in [2.75, 3.05) is 53.1 Å². The van der Waals surface area contributed by atoms with Crippen molar-refractivity contribution < 1.29 is 14.3 Å². The Bertz CT molecular complexity index is 377. The number of hydrogen-bond acceptors (Lipinski definition) is 4. The Hall–Kier alpha value is -1.34. The van der Waals surface area contributed by atoms with Crippen LogP contribution in [-0.4, -0.2) is 69.9 Å². The van der Waals surface area contributed by atoms with Gasteiger partial charge < -0.3 is 25.4 Å². The van der Waals surface area contributed by atoms with Crippen molar-refractivity contribution in [1.29, 1.82) is 0 Å². The van der Waals surface area contributed by atoms with Gasteiger partial charge in [-0.3, -0.25) is 9.79 Å². The van der Waals surface area contributed by atoms with Crippen LogP contribution in [0.25, 0.3) is 0 Å². The molecule has 1 fully saturated rings. The highest BCUT2D eigenvalue weighted by Crippen LogP contribution is 2.19. The maximum Gasteiger partial charge on any atom is 0.217 e. The first-order valence-electron chi connectivity index (χ1n) is 9.06. The molecule has 0 aromatic heterocycles. The molecule has 0 aromatic carbocycles. The van der Waals surface area contributed by atoms with Crippen LogP contribution < -0.4 is 11.1 Å². The second-order valence-corrected chi connectivity index (χ2v) is 6.18. The molecule has 1 saturated heterocycles. The molecule has 0 aromatic rings. The van der Waals surface area contributed by atoms with Crippen LogP contribution in [0.1, 0.15) is 39.0 Å². The van der Waals surface area contributed by atoms with E-state index < -0.39 is 0 Å². The van der Waals surface area contributed by atoms with E-state index in [2.05, 4.69) is 22.1 Å². The second-order valence-electron chi connectivity index (χ2n) is 6.18. The van der Waals surface area contributed by atoms with Crippen molar-refractivity contribution in [1.82, 2.24) is 10.2 Å². The molecule has 1 atom stereocenters. The van der Waals surface area contributed by atoms with E-state index in [-0.39, 0.29) is 5.91 Å². The number of primary amides is 1. The summed E-state index contributed by atoms with van der Waals surface area (Å²) in [6.07, 6.45) is 4.82. The van der Waals surface area contributed by atoms with Crippen LogP contribution in [0.5, 0.6) is 0 Å². The monoisotopic (exact) mass is 342 g/mol. The molecule has 7 heteroatoms. The predicted molar refractivity (Wildman–Crippen MR) is 96.0 cm³/mol. The molecule has 0 saturated carbocycles. The number of piperidine rings is 1. The number of nitrogens with two attached hydrogens (primary N) is 1. The van der Waals surface area contributed by atoms with Gasteiger partial charge in [0.2, 0.25) is 5.91 Å². The number of nitrogens with one attached hydrogen (secondary N) is 1. The first kappa shape index (κ1) is 20.7. The van der Waals surface area contributed by atoms with Crippen LogP contribution in [0.3, 0.4) is 0 Å². The summed E-state index contributed by atoms with van der Waals surface area (Å²) < 4.78 is 11.0. The Labute approximate surface area is 146 Å². The highest BCUT2D eigenvalue weighted by atomic mass is 16.5. The smallest absolute Gasteiger partial charge is 0.217 e. The molecule has 1 unspecified atom stereocenters. The fraction of sp³-hybridized carbons (Fsp3) is 0.882. The third kappa shape index (κ3) is 9.08. The van der Waals surface area contributed by atoms with E-state index in [1.807, 2.05) is 0 Å². The molecular formula is C17H34N4O3. The number of aliphatic imine (C=N–C) groups is 1. The lowest BCUT2D eigenvalue weighted by Gasteiger charge is -2.34. The summed E-state index contributed by atoms with van der Waals surface area (Å²) in [6.45, 7) is 7.34. The average molecular weight is 342 g/mol. The van der Waals surface area contributed by atoms with E-state index in [0.717, 1.165) is 51.3 Å². The van der Waals surface area contributed by atoms with E-state index in [9.17, 15) is 4.79 Å². The van der Waals surface area contributed by atoms with Crippen LogP contribution in [0.2, 0.25) is 0 Å². The number of guanidine groups is 1. The molecule has 7 nitrogen and oxygen atoms in total. The van der Waals surface area contributed by atoms with E-state index in [0.29, 0.717) is 38.7 Å². The van der Waals surface area contributed by atoms with E-state index in [1.54, 1.807) is 7.05 Å². The minimum atomic E-state index is -0.223. The molecule has 0 aliphatic carbocycles. The minimum Gasteiger partial charge on any atom is -0.379 e. The van der Waals surface area contributed by atoms with Gasteiger partial charge in [0.25, 0.3) is 0 Å². The van der Waals surface area contributed by atoms with Crippen LogP contribution in [-0.2, 0) is 14.3 Å². The zero-order valence-electron chi connectivity index (χ0n) is 15.3. The molecule has 1 aliphatic rings. The Balaban J connectivity index is 2.15. The Morgan fingerprint density at radius 2 is 2.04 bits per heavy atom. The van der Waals surface area contributed by atoms with Crippen LogP contribution in [0.4, 0.5) is 0 Å². The van der Waals surface area contributed by atoms with Gasteiger partial charge in [-0.2, -0.15) is 0 Å². The SMILES string of the molecule is CCCCOCCOCCNC(=NC)N1CCCC(CC(N)=O)C1. The van der Waals surface area contributed by atoms with Gasteiger partial charge in [0.1, 0.15) is 0 Å². The van der Waals surface area contributed by atoms with E-state index in [1.165, 1.54) is 0 Å². The second kappa shape index (κ2) is 13.0. The van der Waals surface area contributed by atoms with Crippen molar-refractivity contribution in [2.45, 2.75) is 39.0 Å². The van der Waals surface area contributed by atoms with Gasteiger partial charge in [-0.25, -0.2) is 0 Å². The zero-order valence-corrected chi connectivity index (χ0v) is 15.3. The number of likely N-dealkylation sites (tertiary alicyclic amines) is 1. The topological polar surface area (TPSA) is 89.2 Å². The maximum atomic E-state index is 11.1. The van der Waals surface area contributed by atoms with Gasteiger partial charge in [-0.15, -0.1) is 0 Å². The molecule has 24 heavy (non-hydrogen) atoms. The maximum absolute atomic E-state index is 11.1. The number of rotatable bonds is 11. The average Bonchev–Trinajstić information content (AvgIpc) is 2.56. The number of amides is 1. The summed E-state index contributed by atoms with van der Waals surface area (Å²) in [5, 5.41) is 3.32. The van der Waals surface area contributed by atoms with Crippen molar-refractivity contribution in [3.8, 4) is 0 Å². The molecule has 1 rings (SSSR count). The standard InChI is InChI=1S/C17H34N4O3/c1-3-4-9-23-11-12-24-10-7-20-17(19-2)21-8-5-6-15(14-21)13-16(18)22/h15H,3-14H2,1-2H3,(H2,18,22)(H,19,20). The quantitative estimate of drug-likeness (QED) is 0.332. The summed E-state index contributed by atoms with van der Waals surface area (Å²) in [7, 11) is 1.78. The van der Waals surface area contributed by atoms with Gasteiger partial charge in [-0.05, 0) is 25.2 Å². The molecule has 1 heterocycles. The van der Waals surface area contributed by atoms with Gasteiger partial charge in [-0.1, -0.05) is 13.3 Å². The molecular weight excluding hydrogens is 308 g/mol. The Kier molecular flexibility index (Phi) is 11.2. The summed E-state index contributed by atoms with van der Waals surface area (Å²) in [5.74, 6) is 0.970. The van der Waals surface area contributed by atoms with Crippen molar-refractivity contribution in [3.63, 3.8) is 0 Å². The van der Waals surface area contributed by atoms with Crippen molar-refractivity contribution >= 4 is 11.9 Å². The zero-order chi connectivity index (χ0) is 17.6. The fourth-order valence-electron chi connectivity index (χ4n) is 2.84. The molecule has 140 valence electrons. The third-order valence-corrected chi connectivity index (χ3v) is 4.06. The molecule has 0 radical (unpaired) electrons. The number of unbranched alkanes of at least 4 members (excludes halogenated alkanes) is 1. The summed E-state index contributed by atoms with van der Waals surface area (Å²) in [5.41, 5.74) is 5.31. The lowest BCUT2D eigenvalue weighted by molar-refractivity contribution is -0.119. The number of carbonyl (C=O) groups excluding carboxylic acids is 1. The molecule has 3 N–H and O–H groups in total. The first-order valence-corrected chi connectivity index (χ1v) is 9.06. The van der Waals surface area contributed by atoms with Crippen LogP contribution >= 0.6 is 0 Å². The van der Waals surface area contributed by atoms with Gasteiger partial charge in [0, 0.05) is 39.7 Å². The van der Waals surface area contributed by atoms with Crippen molar-refractivity contribution in [2.24, 2.45) is 16.6 Å². The predicted octanol–water partition coefficient (Wildman–Crippen LogP) is 0.983. The first-order chi connectivity index (χ1) is 11.7. The van der Waals surface area contributed by atoms with Crippen molar-refractivity contribution in [3.05, 3.63) is 0 Å². The molecule has 1 aliphatic heterocycles. The normalized spacial score (nSPS) is 18.7. The van der Waals surface area contributed by atoms with Crippen LogP contribution in [0, 0.1) is 5.92 Å².